The quantitative estimate of drug-likeness (QED) is 0.155. The van der Waals surface area contributed by atoms with Crippen molar-refractivity contribution in [3.8, 4) is 33.4 Å². The van der Waals surface area contributed by atoms with Crippen LogP contribution in [-0.4, -0.2) is 0 Å². The van der Waals surface area contributed by atoms with Gasteiger partial charge in [-0.3, -0.25) is 0 Å². The maximum absolute atomic E-state index is 2.48. The van der Waals surface area contributed by atoms with E-state index < -0.39 is 0 Å². The van der Waals surface area contributed by atoms with Gasteiger partial charge >= 0.3 is 0 Å². The van der Waals surface area contributed by atoms with Gasteiger partial charge in [-0.25, -0.2) is 0 Å². The number of hydrogen-bond donors (Lipinski definition) is 0. The fourth-order valence-corrected chi connectivity index (χ4v) is 26.9. The lowest BCUT2D eigenvalue weighted by Gasteiger charge is -2.35. The maximum Gasteiger partial charge on any atom is 0.0611 e. The molecule has 0 amide bonds. The number of fused-ring (bicyclic) bond motifs is 15. The van der Waals surface area contributed by atoms with Crippen LogP contribution in [0.2, 0.25) is 0 Å². The van der Waals surface area contributed by atoms with Crippen LogP contribution in [-0.2, 0) is 25.7 Å². The number of hydrogen-bond acceptors (Lipinski definition) is 8. The van der Waals surface area contributed by atoms with E-state index in [4.69, 9.17) is 0 Å². The first kappa shape index (κ1) is 81.7. The van der Waals surface area contributed by atoms with Gasteiger partial charge < -0.3 is 19.6 Å². The molecule has 4 aliphatic carbocycles. The predicted molar refractivity (Wildman–Crippen MR) is 591 cm³/mol. The highest BCUT2D eigenvalue weighted by molar-refractivity contribution is 8.00. The molecule has 30 rings (SSSR count). The van der Waals surface area contributed by atoms with E-state index in [0.717, 1.165) is 25.7 Å². The molecule has 0 saturated heterocycles. The average Bonchev–Trinajstić information content (AvgIpc) is 0.745. The van der Waals surface area contributed by atoms with Gasteiger partial charge in [0, 0.05) is 61.6 Å². The van der Waals surface area contributed by atoms with Gasteiger partial charge in [0.15, 0.2) is 0 Å². The Morgan fingerprint density at radius 1 is 0.174 bits per heavy atom. The van der Waals surface area contributed by atoms with Gasteiger partial charge in [-0.2, -0.15) is 0 Å². The summed E-state index contributed by atoms with van der Waals surface area (Å²) in [5.74, 6) is 0. The Hall–Kier alpha value is -15.8. The van der Waals surface area contributed by atoms with E-state index >= 15 is 0 Å². The van der Waals surface area contributed by atoms with E-state index in [1.54, 1.807) is 0 Å². The standard InChI is InChI=1S/2C35H23NS.C31H21NS.C29H19NS/c1-2-13-28-23(8-1)9-6-14-29(28)24-18-20-27(21-19-24)36-31-16-3-4-17-33(31)37-35-30-15-7-11-25-10-5-12-26(34(25)30)22-32(35)36;1-2-8-23(9-3-1)27-17-19-31-33(22-27)37-35-30-15-7-13-25-12-6-14-28(34(25)30)21-32(35)36(31)29-18-16-24-10-4-5-11-26(24)20-29;1-2-8-21(9-3-1)22-16-18-25(19-17-22)32-27-14-4-5-15-29(27)33-31-26-13-7-11-23-10-6-12-24(30(23)26)20-28(31)32;1-2-13-22-19(8-1)9-7-16-24(22)30-25-15-3-4-17-27(25)31-29-23-14-6-11-20-10-5-12-21(28(20)23)18-26(29)30/h2*1-14,16-22H,15H2;1-12,14-20H,13H2;1-13,15-18H,14H2. The second kappa shape index (κ2) is 34.2. The van der Waals surface area contributed by atoms with Crippen molar-refractivity contribution in [2.24, 2.45) is 0 Å². The van der Waals surface area contributed by atoms with Crippen LogP contribution in [0.25, 0.3) is 133 Å². The molecule has 650 valence electrons. The van der Waals surface area contributed by atoms with E-state index in [1.165, 1.54) is 261 Å². The number of para-hydroxylation sites is 3. The molecule has 4 heterocycles. The molecule has 0 unspecified atom stereocenters. The Balaban J connectivity index is 0.0000000930. The van der Waals surface area contributed by atoms with Crippen molar-refractivity contribution in [1.29, 1.82) is 0 Å². The minimum atomic E-state index is 0.961. The summed E-state index contributed by atoms with van der Waals surface area (Å²) >= 11 is 7.68. The molecule has 0 saturated carbocycles. The average molecular weight is 1830 g/mol. The number of anilines is 12. The SMILES string of the molecule is C1=Cc2cccc3cc4c(c(c23)C1)Sc1cc(-c2ccccc2)ccc1N4c1ccc2ccccc2c1.C1=Cc2cccc3cc4c(c(c23)C1)Sc1ccccc1N4c1ccc(-c2cccc3ccccc23)cc1.C1=Cc2cccc3cc4c(c(c23)C1)Sc1ccccc1N4c1ccc(-c2ccccc2)cc1.C1=Cc2cccc3cc4c(c(c23)C1)Sc1ccccc1N4c1cccc2ccccc12. The number of nitrogens with zero attached hydrogens (tertiary/aromatic N) is 4. The summed E-state index contributed by atoms with van der Waals surface area (Å²) in [4.78, 5) is 20.6. The molecule has 22 aromatic carbocycles. The molecule has 0 bridgehead atoms. The van der Waals surface area contributed by atoms with Crippen molar-refractivity contribution in [2.45, 2.75) is 64.8 Å². The second-order valence-electron chi connectivity index (χ2n) is 36.2. The van der Waals surface area contributed by atoms with Crippen LogP contribution in [0.4, 0.5) is 68.2 Å². The van der Waals surface area contributed by atoms with E-state index in [9.17, 15) is 0 Å². The molecule has 4 aliphatic heterocycles. The van der Waals surface area contributed by atoms with Crippen LogP contribution in [0.5, 0.6) is 0 Å². The number of benzene rings is 22. The molecule has 0 aromatic heterocycles. The topological polar surface area (TPSA) is 13.0 Å². The molecule has 22 aromatic rings. The third-order valence-electron chi connectivity index (χ3n) is 28.3. The molecule has 8 aliphatic rings. The third kappa shape index (κ3) is 14.1. The van der Waals surface area contributed by atoms with Crippen molar-refractivity contribution < 1.29 is 0 Å². The zero-order chi connectivity index (χ0) is 90.8. The highest BCUT2D eigenvalue weighted by Gasteiger charge is 2.36. The Bertz CT molecular complexity index is 8910. The van der Waals surface area contributed by atoms with Gasteiger partial charge in [-0.1, -0.05) is 405 Å². The summed E-state index contributed by atoms with van der Waals surface area (Å²) in [6.07, 6.45) is 22.2. The maximum atomic E-state index is 2.48. The van der Waals surface area contributed by atoms with Gasteiger partial charge in [0.2, 0.25) is 0 Å². The van der Waals surface area contributed by atoms with Crippen LogP contribution in [0.3, 0.4) is 0 Å². The summed E-state index contributed by atoms with van der Waals surface area (Å²) in [5, 5.41) is 18.5. The molecular weight excluding hydrogens is 1750 g/mol. The Kier molecular flexibility index (Phi) is 20.3. The van der Waals surface area contributed by atoms with Crippen molar-refractivity contribution in [3.63, 3.8) is 0 Å². The second-order valence-corrected chi connectivity index (χ2v) is 40.4. The molecule has 138 heavy (non-hydrogen) atoms. The first-order chi connectivity index (χ1) is 68.4. The van der Waals surface area contributed by atoms with E-state index in [2.05, 4.69) is 493 Å². The summed E-state index contributed by atoms with van der Waals surface area (Å²) in [6, 6.07) is 155. The summed E-state index contributed by atoms with van der Waals surface area (Å²) in [6.45, 7) is 0. The zero-order valence-corrected chi connectivity index (χ0v) is 78.5. The normalized spacial score (nSPS) is 13.7. The van der Waals surface area contributed by atoms with E-state index in [-0.39, 0.29) is 0 Å². The predicted octanol–water partition coefficient (Wildman–Crippen LogP) is 37.8. The Morgan fingerprint density at radius 2 is 0.493 bits per heavy atom. The van der Waals surface area contributed by atoms with Gasteiger partial charge in [-0.05, 0) is 289 Å². The van der Waals surface area contributed by atoms with E-state index in [1.807, 2.05) is 47.0 Å². The van der Waals surface area contributed by atoms with Crippen LogP contribution < -0.4 is 19.6 Å². The van der Waals surface area contributed by atoms with Crippen LogP contribution in [0.15, 0.2) is 488 Å². The van der Waals surface area contributed by atoms with Crippen molar-refractivity contribution in [1.82, 2.24) is 0 Å². The number of rotatable bonds is 7. The van der Waals surface area contributed by atoms with Crippen LogP contribution in [0, 0.1) is 0 Å². The highest BCUT2D eigenvalue weighted by atomic mass is 32.2. The lowest BCUT2D eigenvalue weighted by molar-refractivity contribution is 1.12. The molecule has 0 N–H and O–H groups in total. The highest BCUT2D eigenvalue weighted by Crippen LogP contribution is 2.62. The molecule has 0 fully saturated rings. The largest absolute Gasteiger partial charge is 0.308 e. The van der Waals surface area contributed by atoms with Crippen LogP contribution in [0.1, 0.15) is 44.5 Å². The lowest BCUT2D eigenvalue weighted by Crippen LogP contribution is -2.16. The fourth-order valence-electron chi connectivity index (χ4n) is 22.1. The minimum Gasteiger partial charge on any atom is -0.308 e. The molecule has 4 nitrogen and oxygen atoms in total. The van der Waals surface area contributed by atoms with Crippen molar-refractivity contribution in [2.75, 3.05) is 19.6 Å². The summed E-state index contributed by atoms with van der Waals surface area (Å²) in [5.41, 5.74) is 33.5. The molecule has 0 atom stereocenters. The van der Waals surface area contributed by atoms with Crippen molar-refractivity contribution in [3.05, 3.63) is 493 Å². The minimum absolute atomic E-state index is 0.961. The van der Waals surface area contributed by atoms with Crippen LogP contribution >= 0.6 is 47.0 Å². The third-order valence-corrected chi connectivity index (χ3v) is 33.2. The Morgan fingerprint density at radius 3 is 0.978 bits per heavy atom. The van der Waals surface area contributed by atoms with Gasteiger partial charge in [0.05, 0.1) is 51.2 Å². The lowest BCUT2D eigenvalue weighted by atomic mass is 9.91. The summed E-state index contributed by atoms with van der Waals surface area (Å²) in [7, 11) is 0. The monoisotopic (exact) mass is 1830 g/mol. The molecule has 0 spiro atoms. The number of allylic oxidation sites excluding steroid dienone is 4. The molecule has 8 heteroatoms. The van der Waals surface area contributed by atoms with E-state index in [0.29, 0.717) is 0 Å². The summed E-state index contributed by atoms with van der Waals surface area (Å²) < 4.78 is 0. The molecular formula is C130H86N4S4. The fraction of sp³-hybridized carbons (Fsp3) is 0.0308. The first-order valence-corrected chi connectivity index (χ1v) is 50.8. The first-order valence-electron chi connectivity index (χ1n) is 47.5. The van der Waals surface area contributed by atoms with Gasteiger partial charge in [0.1, 0.15) is 0 Å². The molecule has 0 radical (unpaired) electrons. The van der Waals surface area contributed by atoms with Gasteiger partial charge in [0.25, 0.3) is 0 Å². The Labute approximate surface area is 819 Å². The smallest absolute Gasteiger partial charge is 0.0611 e. The van der Waals surface area contributed by atoms with Gasteiger partial charge in [-0.15, -0.1) is 0 Å². The zero-order valence-electron chi connectivity index (χ0n) is 75.3. The van der Waals surface area contributed by atoms with Crippen molar-refractivity contribution >= 4 is 215 Å².